The van der Waals surface area contributed by atoms with E-state index < -0.39 is 36.4 Å². The van der Waals surface area contributed by atoms with E-state index in [0.717, 1.165) is 5.92 Å². The van der Waals surface area contributed by atoms with Gasteiger partial charge in [0.25, 0.3) is 0 Å². The lowest BCUT2D eigenvalue weighted by molar-refractivity contribution is -0.0287. The molecular weight excluding hydrogens is 584 g/mol. The van der Waals surface area contributed by atoms with Crippen molar-refractivity contribution in [3.05, 3.63) is 106 Å². The van der Waals surface area contributed by atoms with Crippen molar-refractivity contribution in [1.82, 2.24) is 0 Å². The Labute approximate surface area is 268 Å². The molecule has 7 rings (SSSR count). The first kappa shape index (κ1) is 30.5. The van der Waals surface area contributed by atoms with Gasteiger partial charge in [0, 0.05) is 22.3 Å². The summed E-state index contributed by atoms with van der Waals surface area (Å²) in [6.07, 6.45) is 6.35. The van der Waals surface area contributed by atoms with Crippen LogP contribution < -0.4 is 0 Å². The Morgan fingerprint density at radius 2 is 1.24 bits per heavy atom. The second kappa shape index (κ2) is 12.9. The van der Waals surface area contributed by atoms with Crippen molar-refractivity contribution in [2.45, 2.75) is 82.2 Å². The fourth-order valence-corrected chi connectivity index (χ4v) is 7.44. The van der Waals surface area contributed by atoms with Crippen molar-refractivity contribution in [3.63, 3.8) is 0 Å². The molecule has 0 aromatic heterocycles. The molecule has 4 unspecified atom stereocenters. The molecule has 0 radical (unpaired) electrons. The molecule has 4 atom stereocenters. The molecular formula is C38H38O8. The highest BCUT2D eigenvalue weighted by molar-refractivity contribution is 6.28. The molecule has 8 heteroatoms. The summed E-state index contributed by atoms with van der Waals surface area (Å²) in [5, 5.41) is 0. The van der Waals surface area contributed by atoms with Crippen molar-refractivity contribution in [1.29, 1.82) is 0 Å². The first-order valence-corrected chi connectivity index (χ1v) is 16.5. The minimum Gasteiger partial charge on any atom is -0.453 e. The zero-order chi connectivity index (χ0) is 31.8. The van der Waals surface area contributed by atoms with Gasteiger partial charge in [0.1, 0.15) is 12.2 Å². The van der Waals surface area contributed by atoms with Crippen LogP contribution in [0, 0.1) is 5.92 Å². The van der Waals surface area contributed by atoms with Gasteiger partial charge in [0.15, 0.2) is 23.8 Å². The van der Waals surface area contributed by atoms with Gasteiger partial charge in [-0.3, -0.25) is 9.59 Å². The maximum atomic E-state index is 13.1. The second-order valence-corrected chi connectivity index (χ2v) is 12.9. The van der Waals surface area contributed by atoms with Gasteiger partial charge >= 0.3 is 11.9 Å². The third kappa shape index (κ3) is 5.80. The van der Waals surface area contributed by atoms with Gasteiger partial charge in [-0.05, 0) is 73.4 Å². The number of benzene rings is 3. The largest absolute Gasteiger partial charge is 0.453 e. The third-order valence-corrected chi connectivity index (χ3v) is 10.1. The topological polar surface area (TPSA) is 105 Å². The number of hydrogen-bond acceptors (Lipinski definition) is 8. The number of hydrogen-bond donors (Lipinski definition) is 0. The molecule has 0 bridgehead atoms. The Kier molecular flexibility index (Phi) is 8.58. The normalized spacial score (nSPS) is 26.6. The van der Waals surface area contributed by atoms with Crippen LogP contribution in [0.25, 0.3) is 0 Å². The van der Waals surface area contributed by atoms with E-state index in [0.29, 0.717) is 22.6 Å². The van der Waals surface area contributed by atoms with Crippen LogP contribution >= 0.6 is 0 Å². The minimum atomic E-state index is -0.716. The van der Waals surface area contributed by atoms with Crippen LogP contribution in [0.3, 0.4) is 0 Å². The Morgan fingerprint density at radius 1 is 0.696 bits per heavy atom. The maximum Gasteiger partial charge on any atom is 0.338 e. The van der Waals surface area contributed by atoms with E-state index in [1.807, 2.05) is 24.3 Å². The fraction of sp³-hybridized carbons (Fsp3) is 0.421. The second-order valence-electron chi connectivity index (χ2n) is 12.9. The minimum absolute atomic E-state index is 0.0836. The molecule has 46 heavy (non-hydrogen) atoms. The van der Waals surface area contributed by atoms with Crippen molar-refractivity contribution in [2.24, 2.45) is 5.92 Å². The molecule has 0 spiro atoms. The summed E-state index contributed by atoms with van der Waals surface area (Å²) in [5.41, 5.74) is 3.00. The Balaban J connectivity index is 0.938. The number of rotatable bonds is 8. The van der Waals surface area contributed by atoms with E-state index >= 15 is 0 Å². The molecule has 2 heterocycles. The first-order chi connectivity index (χ1) is 22.4. The molecule has 238 valence electrons. The summed E-state index contributed by atoms with van der Waals surface area (Å²) in [5.74, 6) is -0.276. The van der Waals surface area contributed by atoms with Crippen LogP contribution in [0.2, 0.25) is 0 Å². The van der Waals surface area contributed by atoms with Crippen LogP contribution in [0.5, 0.6) is 0 Å². The quantitative estimate of drug-likeness (QED) is 0.206. The van der Waals surface area contributed by atoms with Gasteiger partial charge < -0.3 is 18.9 Å². The number of ketones is 2. The van der Waals surface area contributed by atoms with Gasteiger partial charge in [-0.2, -0.15) is 0 Å². The fourth-order valence-electron chi connectivity index (χ4n) is 7.44. The molecule has 8 nitrogen and oxygen atoms in total. The number of unbranched alkanes of at least 4 members (excludes halogenated alkanes) is 1. The Hall–Kier alpha value is -4.14. The third-order valence-electron chi connectivity index (χ3n) is 10.1. The highest BCUT2D eigenvalue weighted by Crippen LogP contribution is 2.38. The predicted octanol–water partition coefficient (Wildman–Crippen LogP) is 6.47. The number of ether oxygens (including phenoxy) is 4. The van der Waals surface area contributed by atoms with E-state index in [-0.39, 0.29) is 41.5 Å². The highest BCUT2D eigenvalue weighted by atomic mass is 16.7. The average molecular weight is 623 g/mol. The van der Waals surface area contributed by atoms with Crippen LogP contribution in [0.1, 0.15) is 116 Å². The Bertz CT molecular complexity index is 1650. The molecule has 3 fully saturated rings. The number of fused-ring (bicyclic) bond motifs is 3. The van der Waals surface area contributed by atoms with E-state index in [9.17, 15) is 19.2 Å². The molecule has 0 N–H and O–H groups in total. The molecule has 3 aromatic carbocycles. The van der Waals surface area contributed by atoms with Gasteiger partial charge in [0.05, 0.1) is 24.3 Å². The van der Waals surface area contributed by atoms with Crippen molar-refractivity contribution in [3.8, 4) is 0 Å². The van der Waals surface area contributed by atoms with Gasteiger partial charge in [0.2, 0.25) is 0 Å². The summed E-state index contributed by atoms with van der Waals surface area (Å²) in [4.78, 5) is 52.2. The van der Waals surface area contributed by atoms with E-state index in [2.05, 4.69) is 6.92 Å². The molecule has 2 aliphatic carbocycles. The van der Waals surface area contributed by atoms with E-state index in [4.69, 9.17) is 18.9 Å². The monoisotopic (exact) mass is 622 g/mol. The highest BCUT2D eigenvalue weighted by Gasteiger charge is 2.51. The summed E-state index contributed by atoms with van der Waals surface area (Å²) >= 11 is 0. The number of carbonyl (C=O) groups is 4. The predicted molar refractivity (Wildman–Crippen MR) is 168 cm³/mol. The zero-order valence-electron chi connectivity index (χ0n) is 25.9. The van der Waals surface area contributed by atoms with Crippen LogP contribution in [0.15, 0.2) is 66.7 Å². The standard InChI is InChI=1S/C38H38O8/c1-2-3-6-22-9-11-23(12-10-22)24-13-15-25(16-14-24)37(41)45-31-20-43-36-32(21-44-35(31)36)46-38(42)26-17-18-29-30(19-26)34(40)28-8-5-4-7-27(28)33(29)39/h4-5,7-8,13-19,22-23,31-32,35-36H,2-3,6,9-12,20-21H2,1H3. The first-order valence-electron chi connectivity index (χ1n) is 16.5. The van der Waals surface area contributed by atoms with E-state index in [1.165, 1.54) is 68.7 Å². The Morgan fingerprint density at radius 3 is 1.85 bits per heavy atom. The molecule has 1 saturated carbocycles. The SMILES string of the molecule is CCCCC1CCC(c2ccc(C(=O)OC3COC4C(OC(=O)c5ccc6c(c5)C(=O)c5ccccc5C6=O)COC34)cc2)CC1. The van der Waals surface area contributed by atoms with Crippen molar-refractivity contribution < 1.29 is 38.1 Å². The summed E-state index contributed by atoms with van der Waals surface area (Å²) in [6.45, 7) is 2.46. The lowest BCUT2D eigenvalue weighted by Crippen LogP contribution is -2.36. The van der Waals surface area contributed by atoms with Gasteiger partial charge in [-0.15, -0.1) is 0 Å². The molecule has 4 aliphatic rings. The van der Waals surface area contributed by atoms with Crippen LogP contribution in [-0.4, -0.2) is 61.1 Å². The van der Waals surface area contributed by atoms with Crippen molar-refractivity contribution in [2.75, 3.05) is 13.2 Å². The van der Waals surface area contributed by atoms with Gasteiger partial charge in [-0.25, -0.2) is 9.59 Å². The maximum absolute atomic E-state index is 13.1. The summed E-state index contributed by atoms with van der Waals surface area (Å²) < 4.78 is 23.3. The molecule has 3 aromatic rings. The molecule has 2 aliphatic heterocycles. The van der Waals surface area contributed by atoms with E-state index in [1.54, 1.807) is 24.3 Å². The lowest BCUT2D eigenvalue weighted by Gasteiger charge is -2.29. The summed E-state index contributed by atoms with van der Waals surface area (Å²) in [6, 6.07) is 18.8. The van der Waals surface area contributed by atoms with Gasteiger partial charge in [-0.1, -0.05) is 62.6 Å². The number of esters is 2. The smallest absolute Gasteiger partial charge is 0.338 e. The van der Waals surface area contributed by atoms with Crippen LogP contribution in [-0.2, 0) is 18.9 Å². The molecule has 0 amide bonds. The lowest BCUT2D eigenvalue weighted by atomic mass is 9.77. The van der Waals surface area contributed by atoms with Crippen molar-refractivity contribution >= 4 is 23.5 Å². The summed E-state index contributed by atoms with van der Waals surface area (Å²) in [7, 11) is 0. The number of carbonyl (C=O) groups excluding carboxylic acids is 4. The van der Waals surface area contributed by atoms with Crippen LogP contribution in [0.4, 0.5) is 0 Å². The molecule has 2 saturated heterocycles. The average Bonchev–Trinajstić information content (AvgIpc) is 3.69. The zero-order valence-corrected chi connectivity index (χ0v) is 25.9.